The summed E-state index contributed by atoms with van der Waals surface area (Å²) < 4.78 is 6.49. The Morgan fingerprint density at radius 3 is 2.45 bits per heavy atom. The molecule has 3 aromatic rings. The summed E-state index contributed by atoms with van der Waals surface area (Å²) >= 11 is 0. The van der Waals surface area contributed by atoms with E-state index in [4.69, 9.17) is 4.74 Å². The second-order valence-corrected chi connectivity index (χ2v) is 14.1. The van der Waals surface area contributed by atoms with Crippen molar-refractivity contribution in [2.45, 2.75) is 88.6 Å². The van der Waals surface area contributed by atoms with E-state index in [1.165, 1.54) is 37.0 Å². The predicted molar refractivity (Wildman–Crippen MR) is 166 cm³/mol. The first kappa shape index (κ1) is 27.9. The molecule has 0 radical (unpaired) electrons. The lowest BCUT2D eigenvalue weighted by Gasteiger charge is -2.53. The molecule has 2 aromatic carbocycles. The topological polar surface area (TPSA) is 94.7 Å². The molecular weight excluding hydrogens is 552 g/mol. The fraction of sp³-hybridized carbons (Fsp3) is 0.528. The molecule has 2 saturated heterocycles. The van der Waals surface area contributed by atoms with Crippen molar-refractivity contribution in [3.8, 4) is 0 Å². The van der Waals surface area contributed by atoms with Gasteiger partial charge in [0.25, 0.3) is 0 Å². The maximum absolute atomic E-state index is 14.2. The van der Waals surface area contributed by atoms with Crippen molar-refractivity contribution >= 4 is 28.8 Å². The second kappa shape index (κ2) is 11.4. The summed E-state index contributed by atoms with van der Waals surface area (Å²) in [6.45, 7) is 0.895. The number of hydrogen-bond acceptors (Lipinski definition) is 5. The Morgan fingerprint density at radius 2 is 1.68 bits per heavy atom. The summed E-state index contributed by atoms with van der Waals surface area (Å²) in [5.74, 6) is 2.24. The van der Waals surface area contributed by atoms with E-state index in [1.54, 1.807) is 0 Å². The largest absolute Gasteiger partial charge is 0.461 e. The third-order valence-electron chi connectivity index (χ3n) is 11.3. The van der Waals surface area contributed by atoms with Crippen LogP contribution in [0.2, 0.25) is 0 Å². The van der Waals surface area contributed by atoms with Crippen LogP contribution in [0.4, 0.5) is 4.79 Å². The van der Waals surface area contributed by atoms with E-state index in [0.29, 0.717) is 24.8 Å². The first-order valence-corrected chi connectivity index (χ1v) is 16.7. The Labute approximate surface area is 258 Å². The molecule has 6 fully saturated rings. The number of carbonyl (C=O) groups excluding carboxylic acids is 3. The van der Waals surface area contributed by atoms with Gasteiger partial charge >= 0.3 is 12.0 Å². The number of amides is 3. The van der Waals surface area contributed by atoms with Crippen LogP contribution in [0, 0.1) is 23.7 Å². The molecule has 3 amide bonds. The smallest absolute Gasteiger partial charge is 0.327 e. The van der Waals surface area contributed by atoms with Crippen molar-refractivity contribution in [3.05, 3.63) is 71.9 Å². The molecule has 230 valence electrons. The highest BCUT2D eigenvalue weighted by Crippen LogP contribution is 2.54. The number of H-pyrrole nitrogens is 1. The van der Waals surface area contributed by atoms with Crippen LogP contribution >= 0.6 is 0 Å². The van der Waals surface area contributed by atoms with Gasteiger partial charge in [-0.25, -0.2) is 4.79 Å². The van der Waals surface area contributed by atoms with Gasteiger partial charge in [0, 0.05) is 42.5 Å². The van der Waals surface area contributed by atoms with E-state index in [1.807, 2.05) is 59.6 Å². The minimum atomic E-state index is -0.566. The second-order valence-electron chi connectivity index (χ2n) is 14.1. The van der Waals surface area contributed by atoms with Gasteiger partial charge in [-0.3, -0.25) is 19.8 Å². The zero-order valence-corrected chi connectivity index (χ0v) is 25.2. The van der Waals surface area contributed by atoms with E-state index < -0.39 is 6.04 Å². The number of piperidine rings is 1. The standard InChI is InChI=1S/C36H42N4O4/c41-33-19-32-30(11-6-12-39(32)36(43)40(33)21-22-7-2-1-3-8-22)38-31(18-27-20-37-29-10-5-4-9-28(27)29)35(42)44-34-25-14-23-13-24(16-25)17-26(34)15-23/h1-5,7-10,20,23-26,30-32,34,37-38H,6,11-19,21H2/t23?,24?,25?,26?,30-,31+,32?,34?/m1/s1. The van der Waals surface area contributed by atoms with Gasteiger partial charge < -0.3 is 14.6 Å². The van der Waals surface area contributed by atoms with Gasteiger partial charge in [-0.15, -0.1) is 0 Å². The molecular formula is C36H42N4O4. The van der Waals surface area contributed by atoms with E-state index >= 15 is 0 Å². The van der Waals surface area contributed by atoms with Crippen molar-refractivity contribution < 1.29 is 19.1 Å². The SMILES string of the molecule is O=C(OC1C2CC3CC(C2)CC1C3)[C@H](Cc1c[nH]c2ccccc12)N[C@@H]1CCCN2C(=O)N(Cc3ccccc3)C(=O)CC12. The summed E-state index contributed by atoms with van der Waals surface area (Å²) in [5, 5.41) is 4.79. The van der Waals surface area contributed by atoms with E-state index in [9.17, 15) is 14.4 Å². The van der Waals surface area contributed by atoms with Crippen molar-refractivity contribution in [2.75, 3.05) is 6.54 Å². The normalized spacial score (nSPS) is 31.8. The number of aromatic amines is 1. The lowest BCUT2D eigenvalue weighted by atomic mass is 9.55. The molecule has 8 nitrogen and oxygen atoms in total. The first-order chi connectivity index (χ1) is 21.5. The summed E-state index contributed by atoms with van der Waals surface area (Å²) in [4.78, 5) is 47.8. The number of para-hydroxylation sites is 1. The Balaban J connectivity index is 1.03. The minimum absolute atomic E-state index is 0.00908. The lowest BCUT2D eigenvalue weighted by Crippen LogP contribution is -2.66. The summed E-state index contributed by atoms with van der Waals surface area (Å²) in [5.41, 5.74) is 3.05. The number of urea groups is 1. The maximum atomic E-state index is 14.2. The van der Waals surface area contributed by atoms with Crippen LogP contribution in [0.1, 0.15) is 62.5 Å². The van der Waals surface area contributed by atoms with Crippen LogP contribution in [0.25, 0.3) is 10.9 Å². The van der Waals surface area contributed by atoms with E-state index in [0.717, 1.165) is 46.7 Å². The molecule has 4 saturated carbocycles. The third kappa shape index (κ3) is 5.11. The monoisotopic (exact) mass is 594 g/mol. The molecule has 9 rings (SSSR count). The molecule has 2 N–H and O–H groups in total. The zero-order chi connectivity index (χ0) is 29.8. The number of nitrogens with zero attached hydrogens (tertiary/aromatic N) is 2. The maximum Gasteiger partial charge on any atom is 0.327 e. The lowest BCUT2D eigenvalue weighted by molar-refractivity contribution is -0.173. The Morgan fingerprint density at radius 1 is 0.955 bits per heavy atom. The van der Waals surface area contributed by atoms with Crippen LogP contribution in [0.3, 0.4) is 0 Å². The molecule has 3 heterocycles. The Bertz CT molecular complexity index is 1520. The number of aromatic nitrogens is 1. The molecule has 44 heavy (non-hydrogen) atoms. The van der Waals surface area contributed by atoms with Crippen molar-refractivity contribution in [3.63, 3.8) is 0 Å². The molecule has 4 aliphatic carbocycles. The summed E-state index contributed by atoms with van der Waals surface area (Å²) in [6.07, 6.45) is 10.5. The molecule has 0 spiro atoms. The van der Waals surface area contributed by atoms with Crippen molar-refractivity contribution in [1.29, 1.82) is 0 Å². The summed E-state index contributed by atoms with van der Waals surface area (Å²) in [6, 6.07) is 16.6. The molecule has 2 aliphatic heterocycles. The van der Waals surface area contributed by atoms with Gasteiger partial charge in [0.05, 0.1) is 12.6 Å². The predicted octanol–water partition coefficient (Wildman–Crippen LogP) is 5.42. The molecule has 6 aliphatic rings. The summed E-state index contributed by atoms with van der Waals surface area (Å²) in [7, 11) is 0. The van der Waals surface area contributed by atoms with E-state index in [2.05, 4.69) is 16.4 Å². The van der Waals surface area contributed by atoms with Gasteiger partial charge in [0.1, 0.15) is 12.1 Å². The number of hydrogen-bond donors (Lipinski definition) is 2. The number of rotatable bonds is 8. The van der Waals surface area contributed by atoms with Gasteiger partial charge in [-0.2, -0.15) is 0 Å². The number of ether oxygens (including phenoxy) is 1. The highest BCUT2D eigenvalue weighted by molar-refractivity contribution is 5.97. The molecule has 4 bridgehead atoms. The van der Waals surface area contributed by atoms with Crippen molar-refractivity contribution in [1.82, 2.24) is 20.1 Å². The van der Waals surface area contributed by atoms with Gasteiger partial charge in [-0.05, 0) is 85.8 Å². The highest BCUT2D eigenvalue weighted by atomic mass is 16.5. The van der Waals surface area contributed by atoms with Crippen LogP contribution in [-0.4, -0.2) is 63.5 Å². The van der Waals surface area contributed by atoms with Gasteiger partial charge in [-0.1, -0.05) is 48.5 Å². The number of benzene rings is 2. The number of fused-ring (bicyclic) bond motifs is 2. The number of nitrogens with one attached hydrogen (secondary N) is 2. The van der Waals surface area contributed by atoms with Crippen LogP contribution < -0.4 is 5.32 Å². The number of esters is 1. The fourth-order valence-electron chi connectivity index (χ4n) is 9.49. The highest BCUT2D eigenvalue weighted by Gasteiger charge is 2.51. The molecule has 1 aromatic heterocycles. The van der Waals surface area contributed by atoms with Crippen LogP contribution in [-0.2, 0) is 27.3 Å². The zero-order valence-electron chi connectivity index (χ0n) is 25.2. The van der Waals surface area contributed by atoms with Crippen LogP contribution in [0.15, 0.2) is 60.8 Å². The Kier molecular flexibility index (Phi) is 7.20. The van der Waals surface area contributed by atoms with Crippen LogP contribution in [0.5, 0.6) is 0 Å². The molecule has 8 heteroatoms. The fourth-order valence-corrected chi connectivity index (χ4v) is 9.49. The quantitative estimate of drug-likeness (QED) is 0.340. The van der Waals surface area contributed by atoms with Gasteiger partial charge in [0.15, 0.2) is 0 Å². The van der Waals surface area contributed by atoms with E-state index in [-0.39, 0.29) is 49.1 Å². The third-order valence-corrected chi connectivity index (χ3v) is 11.3. The number of imide groups is 1. The average molecular weight is 595 g/mol. The molecule has 1 unspecified atom stereocenters. The first-order valence-electron chi connectivity index (χ1n) is 16.7. The minimum Gasteiger partial charge on any atom is -0.461 e. The van der Waals surface area contributed by atoms with Crippen molar-refractivity contribution in [2.24, 2.45) is 23.7 Å². The Hall–Kier alpha value is -3.65. The molecule has 3 atom stereocenters. The van der Waals surface area contributed by atoms with Gasteiger partial charge in [0.2, 0.25) is 5.91 Å². The number of carbonyl (C=O) groups is 3. The average Bonchev–Trinajstić information content (AvgIpc) is 3.44.